The summed E-state index contributed by atoms with van der Waals surface area (Å²) >= 11 is 1.26. The van der Waals surface area contributed by atoms with Gasteiger partial charge in [0.25, 0.3) is 0 Å². The number of hydrogen-bond donors (Lipinski definition) is 1. The molecule has 0 spiro atoms. The van der Waals surface area contributed by atoms with Gasteiger partial charge in [0.15, 0.2) is 11.2 Å². The lowest BCUT2D eigenvalue weighted by Gasteiger charge is -2.36. The van der Waals surface area contributed by atoms with Crippen molar-refractivity contribution in [2.24, 2.45) is 22.7 Å². The molecule has 1 aliphatic carbocycles. The number of likely N-dealkylation sites (tertiary alicyclic amines) is 1. The topological polar surface area (TPSA) is 94.3 Å². The second kappa shape index (κ2) is 8.48. The third-order valence-corrected chi connectivity index (χ3v) is 7.06. The second-order valence-corrected chi connectivity index (χ2v) is 9.03. The van der Waals surface area contributed by atoms with Crippen LogP contribution in [0.25, 0.3) is 10.4 Å². The molecule has 1 aromatic carbocycles. The van der Waals surface area contributed by atoms with Crippen molar-refractivity contribution in [3.05, 3.63) is 59.7 Å². The molecule has 1 N–H and O–H groups in total. The maximum absolute atomic E-state index is 13.2. The van der Waals surface area contributed by atoms with Crippen LogP contribution in [-0.4, -0.2) is 40.1 Å². The molecule has 0 bridgehead atoms. The van der Waals surface area contributed by atoms with Gasteiger partial charge in [-0.15, -0.1) is 11.3 Å². The number of nitrogens with zero attached hydrogens (tertiary/aromatic N) is 5. The van der Waals surface area contributed by atoms with E-state index in [0.29, 0.717) is 16.8 Å². The average Bonchev–Trinajstić information content (AvgIpc) is 3.41. The van der Waals surface area contributed by atoms with Crippen molar-refractivity contribution in [3.8, 4) is 16.6 Å². The molecule has 7 nitrogen and oxygen atoms in total. The Kier molecular flexibility index (Phi) is 5.37. The summed E-state index contributed by atoms with van der Waals surface area (Å²) in [4.78, 5) is 27.7. The van der Waals surface area contributed by atoms with Crippen molar-refractivity contribution in [2.75, 3.05) is 18.4 Å². The highest BCUT2D eigenvalue weighted by Crippen LogP contribution is 2.44. The smallest absolute Gasteiger partial charge is 0.305 e. The first-order valence-electron chi connectivity index (χ1n) is 10.3. The number of rotatable bonds is 5. The van der Waals surface area contributed by atoms with Gasteiger partial charge in [0.05, 0.1) is 10.6 Å². The molecule has 1 aliphatic heterocycles. The predicted octanol–water partition coefficient (Wildman–Crippen LogP) is 4.35. The van der Waals surface area contributed by atoms with E-state index in [4.69, 9.17) is 5.26 Å². The van der Waals surface area contributed by atoms with E-state index >= 15 is 0 Å². The second-order valence-electron chi connectivity index (χ2n) is 7.99. The van der Waals surface area contributed by atoms with Crippen molar-refractivity contribution in [1.29, 1.82) is 5.26 Å². The van der Waals surface area contributed by atoms with E-state index in [9.17, 15) is 9.18 Å². The van der Waals surface area contributed by atoms with Gasteiger partial charge in [-0.2, -0.15) is 5.26 Å². The number of carbonyl (C=O) groups is 1. The number of amides is 1. The summed E-state index contributed by atoms with van der Waals surface area (Å²) in [5.74, 6) is 0.520. The molecular formula is C23H19FN6OS. The number of fused-ring (bicyclic) bond motifs is 1. The summed E-state index contributed by atoms with van der Waals surface area (Å²) in [6, 6.07) is 7.90. The molecule has 3 heterocycles. The normalized spacial score (nSPS) is 21.8. The molecular weight excluding hydrogens is 427 g/mol. The zero-order chi connectivity index (χ0) is 22.1. The highest BCUT2D eigenvalue weighted by atomic mass is 32.1. The van der Waals surface area contributed by atoms with E-state index in [0.717, 1.165) is 41.3 Å². The van der Waals surface area contributed by atoms with E-state index in [1.165, 1.54) is 23.5 Å². The van der Waals surface area contributed by atoms with Crippen molar-refractivity contribution < 1.29 is 9.18 Å². The number of anilines is 2. The van der Waals surface area contributed by atoms with Crippen LogP contribution < -0.4 is 5.32 Å². The number of benzene rings is 1. The van der Waals surface area contributed by atoms with Gasteiger partial charge < -0.3 is 10.2 Å². The Morgan fingerprint density at radius 2 is 2.12 bits per heavy atom. The molecule has 1 saturated carbocycles. The highest BCUT2D eigenvalue weighted by molar-refractivity contribution is 7.17. The summed E-state index contributed by atoms with van der Waals surface area (Å²) < 4.78 is 13.2. The summed E-state index contributed by atoms with van der Waals surface area (Å²) in [5, 5.41) is 12.6. The Morgan fingerprint density at radius 1 is 1.28 bits per heavy atom. The third kappa shape index (κ3) is 3.97. The van der Waals surface area contributed by atoms with E-state index in [-0.39, 0.29) is 17.6 Å². The van der Waals surface area contributed by atoms with Gasteiger partial charge in [0, 0.05) is 49.1 Å². The van der Waals surface area contributed by atoms with Crippen molar-refractivity contribution in [2.45, 2.75) is 6.42 Å². The van der Waals surface area contributed by atoms with Gasteiger partial charge in [-0.1, -0.05) is 0 Å². The summed E-state index contributed by atoms with van der Waals surface area (Å²) in [6.45, 7) is 1.56. The number of carbonyl (C=O) groups excluding carboxylic acids is 1. The molecule has 2 aromatic heterocycles. The van der Waals surface area contributed by atoms with Gasteiger partial charge in [0.2, 0.25) is 0 Å². The minimum atomic E-state index is -0.364. The van der Waals surface area contributed by atoms with Crippen LogP contribution in [0.5, 0.6) is 0 Å². The zero-order valence-electron chi connectivity index (χ0n) is 17.0. The molecule has 9 heteroatoms. The number of nitrogens with one attached hydrogen (secondary N) is 1. The number of thiazole rings is 1. The number of aliphatic imine (C=N–C) groups is 1. The molecule has 3 unspecified atom stereocenters. The molecule has 3 atom stereocenters. The largest absolute Gasteiger partial charge is 0.355 e. The zero-order valence-corrected chi connectivity index (χ0v) is 17.8. The molecule has 2 fully saturated rings. The quantitative estimate of drug-likeness (QED) is 0.463. The molecule has 1 amide bonds. The Bertz CT molecular complexity index is 1220. The minimum Gasteiger partial charge on any atom is -0.355 e. The molecule has 3 aromatic rings. The summed E-state index contributed by atoms with van der Waals surface area (Å²) in [5.41, 5.74) is 2.31. The Hall–Kier alpha value is -3.64. The standard InChI is InChI=1S/C23H19FN6OS/c24-16-1-3-17(4-2-16)29-20-5-6-26-9-18(20)21-10-28-23(32-21)22(31)27-8-14-7-15-11-30(13-25)12-19(14)15/h1-6,8-10,14-15,19H,7,11-12H2,(H,26,29)/b27-8-. The van der Waals surface area contributed by atoms with Gasteiger partial charge in [-0.25, -0.2) is 14.4 Å². The molecule has 5 rings (SSSR count). The Labute approximate surface area is 188 Å². The maximum atomic E-state index is 13.2. The number of hydrogen-bond acceptors (Lipinski definition) is 7. The highest BCUT2D eigenvalue weighted by Gasteiger charge is 2.46. The lowest BCUT2D eigenvalue weighted by Crippen LogP contribution is -2.36. The van der Waals surface area contributed by atoms with Crippen molar-refractivity contribution in [1.82, 2.24) is 14.9 Å². The van der Waals surface area contributed by atoms with E-state index in [1.54, 1.807) is 41.8 Å². The van der Waals surface area contributed by atoms with E-state index < -0.39 is 0 Å². The van der Waals surface area contributed by atoms with Crippen LogP contribution in [0.4, 0.5) is 15.8 Å². The number of aromatic nitrogens is 2. The van der Waals surface area contributed by atoms with Crippen LogP contribution in [0.3, 0.4) is 0 Å². The van der Waals surface area contributed by atoms with Crippen LogP contribution in [0, 0.1) is 35.0 Å². The van der Waals surface area contributed by atoms with Gasteiger partial charge in [-0.3, -0.25) is 9.78 Å². The van der Waals surface area contributed by atoms with Crippen LogP contribution >= 0.6 is 11.3 Å². The van der Waals surface area contributed by atoms with E-state index in [1.807, 2.05) is 6.07 Å². The SMILES string of the molecule is N#CN1CC2CC(/C=N\C(=O)c3ncc(-c4cnccc4Nc4ccc(F)cc4)s3)C2C1. The molecule has 160 valence electrons. The van der Waals surface area contributed by atoms with Crippen LogP contribution in [-0.2, 0) is 0 Å². The molecule has 2 aliphatic rings. The van der Waals surface area contributed by atoms with Crippen molar-refractivity contribution in [3.63, 3.8) is 0 Å². The molecule has 32 heavy (non-hydrogen) atoms. The van der Waals surface area contributed by atoms with Crippen LogP contribution in [0.15, 0.2) is 53.9 Å². The van der Waals surface area contributed by atoms with Crippen LogP contribution in [0.2, 0.25) is 0 Å². The minimum absolute atomic E-state index is 0.242. The monoisotopic (exact) mass is 446 g/mol. The fourth-order valence-electron chi connectivity index (χ4n) is 4.32. The predicted molar refractivity (Wildman–Crippen MR) is 120 cm³/mol. The van der Waals surface area contributed by atoms with E-state index in [2.05, 4.69) is 26.5 Å². The fraction of sp³-hybridized carbons (Fsp3) is 0.261. The Balaban J connectivity index is 1.28. The van der Waals surface area contributed by atoms with Gasteiger partial charge in [-0.05, 0) is 54.5 Å². The lowest BCUT2D eigenvalue weighted by molar-refractivity contribution is 0.1000. The first kappa shape index (κ1) is 20.3. The first-order valence-corrected chi connectivity index (χ1v) is 11.1. The molecule has 0 radical (unpaired) electrons. The third-order valence-electron chi connectivity index (χ3n) is 6.04. The van der Waals surface area contributed by atoms with Crippen LogP contribution in [0.1, 0.15) is 16.2 Å². The van der Waals surface area contributed by atoms with Gasteiger partial charge >= 0.3 is 5.91 Å². The summed E-state index contributed by atoms with van der Waals surface area (Å²) in [6.07, 6.45) is 9.91. The maximum Gasteiger partial charge on any atom is 0.305 e. The number of pyridine rings is 1. The van der Waals surface area contributed by atoms with Gasteiger partial charge in [0.1, 0.15) is 5.82 Å². The molecule has 1 saturated heterocycles. The average molecular weight is 447 g/mol. The summed E-state index contributed by atoms with van der Waals surface area (Å²) in [7, 11) is 0. The van der Waals surface area contributed by atoms with Crippen molar-refractivity contribution >= 4 is 34.8 Å². The first-order chi connectivity index (χ1) is 15.6. The fourth-order valence-corrected chi connectivity index (χ4v) is 5.15. The lowest BCUT2D eigenvalue weighted by atomic mass is 9.67. The number of halogens is 1. The Morgan fingerprint density at radius 3 is 2.94 bits per heavy atom. The number of nitriles is 1.